The Hall–Kier alpha value is -3.67. The second-order valence-corrected chi connectivity index (χ2v) is 7.94. The number of nitrogens with zero attached hydrogens (tertiary/aromatic N) is 3. The molecule has 2 aromatic carbocycles. The first-order chi connectivity index (χ1) is 15.5. The summed E-state index contributed by atoms with van der Waals surface area (Å²) >= 11 is 0. The summed E-state index contributed by atoms with van der Waals surface area (Å²) in [5.74, 6) is 0.220. The van der Waals surface area contributed by atoms with Gasteiger partial charge in [-0.25, -0.2) is 4.68 Å². The lowest BCUT2D eigenvalue weighted by Crippen LogP contribution is -2.36. The number of carbonyl (C=O) groups is 1. The van der Waals surface area contributed by atoms with Gasteiger partial charge in [-0.1, -0.05) is 60.2 Å². The standard InChI is InChI=1S/C26H28N4O2/c1-5-30-25-24(18(3)29-30)22(21-9-7-6-8-10-21)15-23(28-25)32-19(4)26(31)27-16-20-13-11-17(2)12-14-20/h6-15,19H,5,16H2,1-4H3,(H,27,31). The van der Waals surface area contributed by atoms with Crippen molar-refractivity contribution in [2.75, 3.05) is 0 Å². The number of carbonyl (C=O) groups excluding carboxylic acids is 1. The minimum atomic E-state index is -0.687. The number of fused-ring (bicyclic) bond motifs is 1. The third-order valence-corrected chi connectivity index (χ3v) is 5.49. The van der Waals surface area contributed by atoms with Gasteiger partial charge in [0.1, 0.15) is 0 Å². The van der Waals surface area contributed by atoms with Crippen LogP contribution in [0.25, 0.3) is 22.2 Å². The van der Waals surface area contributed by atoms with Crippen LogP contribution in [0, 0.1) is 13.8 Å². The van der Waals surface area contributed by atoms with Crippen molar-refractivity contribution in [3.63, 3.8) is 0 Å². The number of aromatic nitrogens is 3. The molecule has 1 N–H and O–H groups in total. The van der Waals surface area contributed by atoms with E-state index in [0.717, 1.165) is 33.4 Å². The molecule has 1 amide bonds. The minimum absolute atomic E-state index is 0.186. The molecule has 2 aromatic heterocycles. The van der Waals surface area contributed by atoms with Gasteiger partial charge in [-0.05, 0) is 44.4 Å². The highest BCUT2D eigenvalue weighted by molar-refractivity contribution is 5.95. The molecule has 6 heteroatoms. The zero-order valence-electron chi connectivity index (χ0n) is 18.9. The third-order valence-electron chi connectivity index (χ3n) is 5.49. The molecule has 0 bridgehead atoms. The van der Waals surface area contributed by atoms with Gasteiger partial charge in [0.15, 0.2) is 11.8 Å². The SMILES string of the molecule is CCn1nc(C)c2c(-c3ccccc3)cc(OC(C)C(=O)NCc3ccc(C)cc3)nc21. The summed E-state index contributed by atoms with van der Waals surface area (Å²) in [6, 6.07) is 20.1. The maximum absolute atomic E-state index is 12.7. The van der Waals surface area contributed by atoms with E-state index in [1.54, 1.807) is 6.92 Å². The Morgan fingerprint density at radius 2 is 1.81 bits per heavy atom. The van der Waals surface area contributed by atoms with Gasteiger partial charge in [0.25, 0.3) is 5.91 Å². The summed E-state index contributed by atoms with van der Waals surface area (Å²) in [7, 11) is 0. The van der Waals surface area contributed by atoms with Crippen LogP contribution in [0.2, 0.25) is 0 Å². The highest BCUT2D eigenvalue weighted by Crippen LogP contribution is 2.33. The Balaban J connectivity index is 1.59. The van der Waals surface area contributed by atoms with E-state index in [1.165, 1.54) is 5.56 Å². The number of amides is 1. The van der Waals surface area contributed by atoms with Crippen LogP contribution in [0.5, 0.6) is 5.88 Å². The molecule has 0 aliphatic rings. The largest absolute Gasteiger partial charge is 0.464 e. The normalized spacial score (nSPS) is 12.0. The summed E-state index contributed by atoms with van der Waals surface area (Å²) in [5, 5.41) is 8.58. The Kier molecular flexibility index (Phi) is 6.21. The van der Waals surface area contributed by atoms with Gasteiger partial charge < -0.3 is 10.1 Å². The molecule has 6 nitrogen and oxygen atoms in total. The molecule has 0 radical (unpaired) electrons. The Morgan fingerprint density at radius 1 is 1.09 bits per heavy atom. The maximum atomic E-state index is 12.7. The molecule has 164 valence electrons. The van der Waals surface area contributed by atoms with E-state index in [4.69, 9.17) is 9.72 Å². The van der Waals surface area contributed by atoms with Crippen molar-refractivity contribution in [3.05, 3.63) is 77.5 Å². The summed E-state index contributed by atoms with van der Waals surface area (Å²) in [5.41, 5.74) is 5.96. The molecule has 32 heavy (non-hydrogen) atoms. The molecule has 0 saturated carbocycles. The van der Waals surface area contributed by atoms with E-state index in [0.29, 0.717) is 19.0 Å². The molecule has 0 saturated heterocycles. The van der Waals surface area contributed by atoms with Crippen molar-refractivity contribution < 1.29 is 9.53 Å². The first-order valence-corrected chi connectivity index (χ1v) is 10.9. The summed E-state index contributed by atoms with van der Waals surface area (Å²) in [4.78, 5) is 17.4. The van der Waals surface area contributed by atoms with Gasteiger partial charge in [0.05, 0.1) is 11.1 Å². The lowest BCUT2D eigenvalue weighted by molar-refractivity contribution is -0.127. The molecule has 4 rings (SSSR count). The lowest BCUT2D eigenvalue weighted by atomic mass is 10.0. The van der Waals surface area contributed by atoms with Gasteiger partial charge in [0, 0.05) is 19.2 Å². The van der Waals surface area contributed by atoms with Crippen LogP contribution < -0.4 is 10.1 Å². The maximum Gasteiger partial charge on any atom is 0.261 e. The van der Waals surface area contributed by atoms with Gasteiger partial charge in [-0.15, -0.1) is 0 Å². The molecule has 4 aromatic rings. The Labute approximate surface area is 188 Å². The van der Waals surface area contributed by atoms with E-state index >= 15 is 0 Å². The number of rotatable bonds is 7. The van der Waals surface area contributed by atoms with Crippen molar-refractivity contribution in [1.29, 1.82) is 0 Å². The van der Waals surface area contributed by atoms with E-state index in [9.17, 15) is 4.79 Å². The number of ether oxygens (including phenoxy) is 1. The number of pyridine rings is 1. The van der Waals surface area contributed by atoms with Crippen molar-refractivity contribution in [2.45, 2.75) is 46.9 Å². The van der Waals surface area contributed by atoms with Crippen molar-refractivity contribution in [2.24, 2.45) is 0 Å². The molecular formula is C26H28N4O2. The zero-order valence-corrected chi connectivity index (χ0v) is 18.9. The number of benzene rings is 2. The predicted octanol–water partition coefficient (Wildman–Crippen LogP) is 4.82. The van der Waals surface area contributed by atoms with Crippen LogP contribution in [-0.2, 0) is 17.9 Å². The Morgan fingerprint density at radius 3 is 2.50 bits per heavy atom. The fraction of sp³-hybridized carbons (Fsp3) is 0.269. The predicted molar refractivity (Wildman–Crippen MR) is 126 cm³/mol. The average molecular weight is 429 g/mol. The monoisotopic (exact) mass is 428 g/mol. The second-order valence-electron chi connectivity index (χ2n) is 7.94. The number of hydrogen-bond acceptors (Lipinski definition) is 4. The van der Waals surface area contributed by atoms with E-state index in [2.05, 4.69) is 22.5 Å². The minimum Gasteiger partial charge on any atom is -0.464 e. The van der Waals surface area contributed by atoms with Crippen LogP contribution in [0.15, 0.2) is 60.7 Å². The van der Waals surface area contributed by atoms with Crippen LogP contribution in [-0.4, -0.2) is 26.8 Å². The van der Waals surface area contributed by atoms with Crippen LogP contribution in [0.1, 0.15) is 30.7 Å². The molecular weight excluding hydrogens is 400 g/mol. The molecule has 0 spiro atoms. The van der Waals surface area contributed by atoms with Crippen molar-refractivity contribution in [3.8, 4) is 17.0 Å². The van der Waals surface area contributed by atoms with Crippen molar-refractivity contribution in [1.82, 2.24) is 20.1 Å². The van der Waals surface area contributed by atoms with E-state index in [-0.39, 0.29) is 5.91 Å². The van der Waals surface area contributed by atoms with E-state index in [1.807, 2.05) is 74.0 Å². The summed E-state index contributed by atoms with van der Waals surface area (Å²) in [6.07, 6.45) is -0.687. The second kappa shape index (κ2) is 9.22. The highest BCUT2D eigenvalue weighted by Gasteiger charge is 2.20. The summed E-state index contributed by atoms with van der Waals surface area (Å²) in [6.45, 7) is 8.95. The molecule has 2 heterocycles. The third kappa shape index (κ3) is 4.49. The van der Waals surface area contributed by atoms with Gasteiger partial charge in [-0.2, -0.15) is 10.1 Å². The van der Waals surface area contributed by atoms with Gasteiger partial charge >= 0.3 is 0 Å². The van der Waals surface area contributed by atoms with Gasteiger partial charge in [-0.3, -0.25) is 4.79 Å². The first kappa shape index (κ1) is 21.6. The van der Waals surface area contributed by atoms with Crippen LogP contribution >= 0.6 is 0 Å². The van der Waals surface area contributed by atoms with E-state index < -0.39 is 6.10 Å². The van der Waals surface area contributed by atoms with Gasteiger partial charge in [0.2, 0.25) is 5.88 Å². The number of hydrogen-bond donors (Lipinski definition) is 1. The zero-order chi connectivity index (χ0) is 22.7. The van der Waals surface area contributed by atoms with Crippen LogP contribution in [0.4, 0.5) is 0 Å². The molecule has 0 aliphatic heterocycles. The molecule has 0 aliphatic carbocycles. The quantitative estimate of drug-likeness (QED) is 0.458. The molecule has 1 unspecified atom stereocenters. The fourth-order valence-electron chi connectivity index (χ4n) is 3.73. The average Bonchev–Trinajstić information content (AvgIpc) is 3.14. The lowest BCUT2D eigenvalue weighted by Gasteiger charge is -2.16. The molecule has 1 atom stereocenters. The Bertz CT molecular complexity index is 1230. The highest BCUT2D eigenvalue weighted by atomic mass is 16.5. The number of aryl methyl sites for hydroxylation is 3. The fourth-order valence-corrected chi connectivity index (χ4v) is 3.73. The smallest absolute Gasteiger partial charge is 0.261 e. The summed E-state index contributed by atoms with van der Waals surface area (Å²) < 4.78 is 7.87. The molecule has 0 fully saturated rings. The van der Waals surface area contributed by atoms with Crippen molar-refractivity contribution >= 4 is 16.9 Å². The topological polar surface area (TPSA) is 69.0 Å². The van der Waals surface area contributed by atoms with Crippen LogP contribution in [0.3, 0.4) is 0 Å². The number of nitrogens with one attached hydrogen (secondary N) is 1. The first-order valence-electron chi connectivity index (χ1n) is 10.9.